The fourth-order valence-electron chi connectivity index (χ4n) is 2.93. The number of aromatic nitrogens is 1. The molecule has 0 fully saturated rings. The molecule has 4 nitrogen and oxygen atoms in total. The fourth-order valence-corrected chi connectivity index (χ4v) is 2.93. The quantitative estimate of drug-likeness (QED) is 0.681. The maximum absolute atomic E-state index is 12.5. The third-order valence-corrected chi connectivity index (χ3v) is 4.26. The monoisotopic (exact) mass is 345 g/mol. The van der Waals surface area contributed by atoms with E-state index in [1.807, 2.05) is 72.8 Å². The first kappa shape index (κ1) is 17.8. The van der Waals surface area contributed by atoms with Gasteiger partial charge in [0.1, 0.15) is 0 Å². The van der Waals surface area contributed by atoms with Crippen LogP contribution in [0.25, 0.3) is 0 Å². The molecule has 1 unspecified atom stereocenters. The number of para-hydroxylation sites is 1. The Morgan fingerprint density at radius 2 is 1.69 bits per heavy atom. The minimum absolute atomic E-state index is 0.0669. The van der Waals surface area contributed by atoms with Crippen molar-refractivity contribution < 1.29 is 4.79 Å². The van der Waals surface area contributed by atoms with E-state index in [0.717, 1.165) is 28.9 Å². The van der Waals surface area contributed by atoms with E-state index >= 15 is 0 Å². The molecule has 0 aliphatic rings. The smallest absolute Gasteiger partial charge is 0.238 e. The zero-order chi connectivity index (χ0) is 18.2. The molecule has 0 spiro atoms. The summed E-state index contributed by atoms with van der Waals surface area (Å²) in [5, 5.41) is 6.33. The highest BCUT2D eigenvalue weighted by Gasteiger charge is 2.16. The molecule has 0 bridgehead atoms. The van der Waals surface area contributed by atoms with Crippen LogP contribution in [-0.2, 0) is 11.2 Å². The topological polar surface area (TPSA) is 54.0 Å². The summed E-state index contributed by atoms with van der Waals surface area (Å²) in [6, 6.07) is 23.6. The Balaban J connectivity index is 1.71. The number of nitrogens with zero attached hydrogens (tertiary/aromatic N) is 1. The summed E-state index contributed by atoms with van der Waals surface area (Å²) in [5.74, 6) is -0.0669. The van der Waals surface area contributed by atoms with Gasteiger partial charge in [0.05, 0.1) is 18.3 Å². The fraction of sp³-hybridized carbons (Fsp3) is 0.182. The summed E-state index contributed by atoms with van der Waals surface area (Å²) in [5.41, 5.74) is 3.97. The second-order valence-electron chi connectivity index (χ2n) is 6.04. The predicted octanol–water partition coefficient (Wildman–Crippen LogP) is 3.96. The van der Waals surface area contributed by atoms with Crippen LogP contribution in [-0.4, -0.2) is 17.4 Å². The first-order valence-electron chi connectivity index (χ1n) is 8.85. The zero-order valence-electron chi connectivity index (χ0n) is 14.9. The van der Waals surface area contributed by atoms with Crippen LogP contribution in [0.5, 0.6) is 0 Å². The van der Waals surface area contributed by atoms with Crippen molar-refractivity contribution in [3.63, 3.8) is 0 Å². The van der Waals surface area contributed by atoms with Gasteiger partial charge in [-0.05, 0) is 35.7 Å². The number of amides is 1. The van der Waals surface area contributed by atoms with E-state index in [9.17, 15) is 4.79 Å². The van der Waals surface area contributed by atoms with Gasteiger partial charge in [0, 0.05) is 11.9 Å². The van der Waals surface area contributed by atoms with Crippen LogP contribution < -0.4 is 10.6 Å². The lowest BCUT2D eigenvalue weighted by Gasteiger charge is -2.19. The minimum atomic E-state index is -0.135. The Labute approximate surface area is 154 Å². The van der Waals surface area contributed by atoms with E-state index in [0.29, 0.717) is 0 Å². The molecule has 1 heterocycles. The summed E-state index contributed by atoms with van der Waals surface area (Å²) >= 11 is 0. The number of anilines is 1. The van der Waals surface area contributed by atoms with Gasteiger partial charge in [0.15, 0.2) is 0 Å². The molecule has 26 heavy (non-hydrogen) atoms. The van der Waals surface area contributed by atoms with Gasteiger partial charge < -0.3 is 5.32 Å². The SMILES string of the molecule is CCc1ccccc1NC(=O)CNC(c1ccccc1)c1ccccn1. The molecule has 1 aromatic heterocycles. The third-order valence-electron chi connectivity index (χ3n) is 4.26. The van der Waals surface area contributed by atoms with Crippen molar-refractivity contribution in [2.45, 2.75) is 19.4 Å². The van der Waals surface area contributed by atoms with Crippen molar-refractivity contribution in [3.8, 4) is 0 Å². The second-order valence-corrected chi connectivity index (χ2v) is 6.04. The average molecular weight is 345 g/mol. The molecule has 0 aliphatic carbocycles. The number of pyridine rings is 1. The van der Waals surface area contributed by atoms with Crippen molar-refractivity contribution in [2.24, 2.45) is 0 Å². The Kier molecular flexibility index (Phi) is 6.12. The Bertz CT molecular complexity index is 795. The number of carbonyl (C=O) groups is 1. The van der Waals surface area contributed by atoms with Crippen LogP contribution in [0.15, 0.2) is 79.0 Å². The molecular formula is C22H23N3O. The summed E-state index contributed by atoms with van der Waals surface area (Å²) < 4.78 is 0. The molecule has 2 aromatic carbocycles. The van der Waals surface area contributed by atoms with Gasteiger partial charge in [-0.3, -0.25) is 15.1 Å². The zero-order valence-corrected chi connectivity index (χ0v) is 14.9. The standard InChI is InChI=1S/C22H23N3O/c1-2-17-10-6-7-13-19(17)25-21(26)16-24-22(18-11-4-3-5-12-18)20-14-8-9-15-23-20/h3-15,22,24H,2,16H2,1H3,(H,25,26). The van der Waals surface area contributed by atoms with E-state index in [1.165, 1.54) is 0 Å². The van der Waals surface area contributed by atoms with Crippen LogP contribution in [0.4, 0.5) is 5.69 Å². The van der Waals surface area contributed by atoms with Crippen molar-refractivity contribution in [2.75, 3.05) is 11.9 Å². The predicted molar refractivity (Wildman–Crippen MR) is 105 cm³/mol. The highest BCUT2D eigenvalue weighted by atomic mass is 16.1. The minimum Gasteiger partial charge on any atom is -0.325 e. The molecule has 0 saturated carbocycles. The Hall–Kier alpha value is -2.98. The van der Waals surface area contributed by atoms with Crippen LogP contribution in [0.2, 0.25) is 0 Å². The molecule has 0 aliphatic heterocycles. The maximum atomic E-state index is 12.5. The van der Waals surface area contributed by atoms with Gasteiger partial charge in [-0.2, -0.15) is 0 Å². The molecular weight excluding hydrogens is 322 g/mol. The molecule has 1 amide bonds. The Morgan fingerprint density at radius 1 is 0.962 bits per heavy atom. The van der Waals surface area contributed by atoms with Crippen molar-refractivity contribution in [3.05, 3.63) is 95.8 Å². The number of rotatable bonds is 7. The average Bonchev–Trinajstić information content (AvgIpc) is 2.70. The van der Waals surface area contributed by atoms with Crippen LogP contribution in [0, 0.1) is 0 Å². The van der Waals surface area contributed by atoms with Gasteiger partial charge in [-0.1, -0.05) is 61.5 Å². The number of hydrogen-bond acceptors (Lipinski definition) is 3. The van der Waals surface area contributed by atoms with E-state index in [1.54, 1.807) is 6.20 Å². The van der Waals surface area contributed by atoms with Gasteiger partial charge in [-0.25, -0.2) is 0 Å². The molecule has 3 rings (SSSR count). The number of aryl methyl sites for hydroxylation is 1. The first-order chi connectivity index (χ1) is 12.8. The third kappa shape index (κ3) is 4.55. The lowest BCUT2D eigenvalue weighted by molar-refractivity contribution is -0.115. The number of hydrogen-bond donors (Lipinski definition) is 2. The van der Waals surface area contributed by atoms with E-state index in [4.69, 9.17) is 0 Å². The normalized spacial score (nSPS) is 11.7. The second kappa shape index (κ2) is 8.92. The number of carbonyl (C=O) groups excluding carboxylic acids is 1. The van der Waals surface area contributed by atoms with Gasteiger partial charge in [0.2, 0.25) is 5.91 Å². The molecule has 2 N–H and O–H groups in total. The number of benzene rings is 2. The largest absolute Gasteiger partial charge is 0.325 e. The maximum Gasteiger partial charge on any atom is 0.238 e. The van der Waals surface area contributed by atoms with Crippen molar-refractivity contribution >= 4 is 11.6 Å². The highest BCUT2D eigenvalue weighted by molar-refractivity contribution is 5.93. The molecule has 1 atom stereocenters. The summed E-state index contributed by atoms with van der Waals surface area (Å²) in [6.45, 7) is 2.28. The van der Waals surface area contributed by atoms with Crippen LogP contribution in [0.3, 0.4) is 0 Å². The van der Waals surface area contributed by atoms with E-state index in [2.05, 4.69) is 22.5 Å². The lowest BCUT2D eigenvalue weighted by Crippen LogP contribution is -2.32. The number of nitrogens with one attached hydrogen (secondary N) is 2. The molecule has 132 valence electrons. The van der Waals surface area contributed by atoms with Gasteiger partial charge in [-0.15, -0.1) is 0 Å². The van der Waals surface area contributed by atoms with Gasteiger partial charge in [0.25, 0.3) is 0 Å². The first-order valence-corrected chi connectivity index (χ1v) is 8.85. The lowest BCUT2D eigenvalue weighted by atomic mass is 10.0. The molecule has 3 aromatic rings. The van der Waals surface area contributed by atoms with E-state index in [-0.39, 0.29) is 18.5 Å². The molecule has 0 radical (unpaired) electrons. The summed E-state index contributed by atoms with van der Waals surface area (Å²) in [6.07, 6.45) is 2.65. The van der Waals surface area contributed by atoms with Crippen LogP contribution in [0.1, 0.15) is 29.8 Å². The van der Waals surface area contributed by atoms with Crippen molar-refractivity contribution in [1.29, 1.82) is 0 Å². The Morgan fingerprint density at radius 3 is 2.42 bits per heavy atom. The molecule has 4 heteroatoms. The van der Waals surface area contributed by atoms with Crippen molar-refractivity contribution in [1.82, 2.24) is 10.3 Å². The summed E-state index contributed by atoms with van der Waals surface area (Å²) in [4.78, 5) is 16.9. The van der Waals surface area contributed by atoms with E-state index < -0.39 is 0 Å². The molecule has 0 saturated heterocycles. The van der Waals surface area contributed by atoms with Crippen LogP contribution >= 0.6 is 0 Å². The highest BCUT2D eigenvalue weighted by Crippen LogP contribution is 2.20. The van der Waals surface area contributed by atoms with Gasteiger partial charge >= 0.3 is 0 Å². The summed E-state index contributed by atoms with van der Waals surface area (Å²) in [7, 11) is 0.